The lowest BCUT2D eigenvalue weighted by atomic mass is 10.1. The van der Waals surface area contributed by atoms with Gasteiger partial charge in [-0.15, -0.1) is 0 Å². The van der Waals surface area contributed by atoms with Crippen molar-refractivity contribution in [2.45, 2.75) is 13.3 Å². The van der Waals surface area contributed by atoms with E-state index in [2.05, 4.69) is 10.3 Å². The van der Waals surface area contributed by atoms with E-state index >= 15 is 0 Å². The second-order valence-corrected chi connectivity index (χ2v) is 5.55. The van der Waals surface area contributed by atoms with Crippen molar-refractivity contribution < 1.29 is 4.79 Å². The van der Waals surface area contributed by atoms with Crippen molar-refractivity contribution in [2.24, 2.45) is 0 Å². The molecule has 3 rings (SSSR count). The maximum Gasteiger partial charge on any atom is 0.228 e. The van der Waals surface area contributed by atoms with Crippen molar-refractivity contribution >= 4 is 34.1 Å². The normalized spacial score (nSPS) is 10.6. The average Bonchev–Trinajstić information content (AvgIpc) is 2.49. The molecule has 0 saturated heterocycles. The zero-order valence-corrected chi connectivity index (χ0v) is 12.9. The Bertz CT molecular complexity index is 845. The van der Waals surface area contributed by atoms with E-state index in [-0.39, 0.29) is 12.3 Å². The Labute approximate surface area is 133 Å². The van der Waals surface area contributed by atoms with E-state index in [1.165, 1.54) is 0 Å². The summed E-state index contributed by atoms with van der Waals surface area (Å²) in [7, 11) is 0. The highest BCUT2D eigenvalue weighted by molar-refractivity contribution is 6.31. The number of fused-ring (bicyclic) bond motifs is 1. The number of hydrogen-bond donors (Lipinski definition) is 1. The van der Waals surface area contributed by atoms with Gasteiger partial charge >= 0.3 is 0 Å². The van der Waals surface area contributed by atoms with Gasteiger partial charge in [0.2, 0.25) is 5.91 Å². The van der Waals surface area contributed by atoms with Crippen LogP contribution in [0.15, 0.2) is 54.6 Å². The summed E-state index contributed by atoms with van der Waals surface area (Å²) < 4.78 is 0. The van der Waals surface area contributed by atoms with Crippen LogP contribution in [0, 0.1) is 6.92 Å². The van der Waals surface area contributed by atoms with E-state index in [4.69, 9.17) is 11.6 Å². The van der Waals surface area contributed by atoms with Crippen molar-refractivity contribution in [3.8, 4) is 0 Å². The molecule has 110 valence electrons. The molecule has 0 spiro atoms. The summed E-state index contributed by atoms with van der Waals surface area (Å²) in [5.74, 6) is -0.0961. The molecule has 0 bridgehead atoms. The van der Waals surface area contributed by atoms with Crippen molar-refractivity contribution in [3.63, 3.8) is 0 Å². The highest BCUT2D eigenvalue weighted by Gasteiger charge is 2.09. The van der Waals surface area contributed by atoms with Crippen LogP contribution in [-0.2, 0) is 11.2 Å². The number of anilines is 1. The molecule has 1 amide bonds. The third-order valence-corrected chi connectivity index (χ3v) is 3.82. The number of carbonyl (C=O) groups is 1. The van der Waals surface area contributed by atoms with Crippen molar-refractivity contribution in [2.75, 3.05) is 5.32 Å². The maximum atomic E-state index is 12.3. The molecule has 0 aliphatic rings. The number of aryl methyl sites for hydroxylation is 1. The first-order valence-corrected chi connectivity index (χ1v) is 7.41. The quantitative estimate of drug-likeness (QED) is 0.780. The Balaban J connectivity index is 1.84. The zero-order valence-electron chi connectivity index (χ0n) is 12.1. The van der Waals surface area contributed by atoms with Gasteiger partial charge in [0.05, 0.1) is 17.6 Å². The van der Waals surface area contributed by atoms with Crippen LogP contribution in [0.25, 0.3) is 10.9 Å². The molecule has 0 atom stereocenters. The Morgan fingerprint density at radius 1 is 1.09 bits per heavy atom. The molecule has 0 unspecified atom stereocenters. The summed E-state index contributed by atoms with van der Waals surface area (Å²) in [5, 5.41) is 4.48. The first-order valence-electron chi connectivity index (χ1n) is 7.03. The van der Waals surface area contributed by atoms with Crippen molar-refractivity contribution in [3.05, 3.63) is 70.9 Å². The Hall–Kier alpha value is -2.39. The minimum Gasteiger partial charge on any atom is -0.325 e. The van der Waals surface area contributed by atoms with Gasteiger partial charge in [0.25, 0.3) is 0 Å². The van der Waals surface area contributed by atoms with Crippen LogP contribution in [0.5, 0.6) is 0 Å². The standard InChI is InChI=1S/C18H15ClN2O/c1-12-9-10-14-16(20-12)7-4-8-17(14)21-18(22)11-13-5-2-3-6-15(13)19/h2-10H,11H2,1H3,(H,21,22). The average molecular weight is 311 g/mol. The summed E-state index contributed by atoms with van der Waals surface area (Å²) >= 11 is 6.09. The van der Waals surface area contributed by atoms with Gasteiger partial charge in [-0.1, -0.05) is 35.9 Å². The summed E-state index contributed by atoms with van der Waals surface area (Å²) in [6.45, 7) is 1.95. The van der Waals surface area contributed by atoms with Gasteiger partial charge in [0.1, 0.15) is 0 Å². The number of amides is 1. The topological polar surface area (TPSA) is 42.0 Å². The molecule has 0 radical (unpaired) electrons. The van der Waals surface area contributed by atoms with Crippen LogP contribution in [0.1, 0.15) is 11.3 Å². The number of nitrogens with zero attached hydrogens (tertiary/aromatic N) is 1. The molecule has 22 heavy (non-hydrogen) atoms. The fourth-order valence-electron chi connectivity index (χ4n) is 2.38. The van der Waals surface area contributed by atoms with E-state index in [1.807, 2.05) is 55.5 Å². The monoisotopic (exact) mass is 310 g/mol. The van der Waals surface area contributed by atoms with Crippen LogP contribution in [0.2, 0.25) is 5.02 Å². The summed E-state index contributed by atoms with van der Waals surface area (Å²) in [6, 6.07) is 17.0. The van der Waals surface area contributed by atoms with Crippen LogP contribution in [-0.4, -0.2) is 10.9 Å². The molecular formula is C18H15ClN2O. The first-order chi connectivity index (χ1) is 10.6. The second-order valence-electron chi connectivity index (χ2n) is 5.14. The molecule has 0 fully saturated rings. The summed E-state index contributed by atoms with van der Waals surface area (Å²) in [4.78, 5) is 16.7. The predicted octanol–water partition coefficient (Wildman–Crippen LogP) is 4.38. The van der Waals surface area contributed by atoms with Gasteiger partial charge < -0.3 is 5.32 Å². The number of halogens is 1. The Morgan fingerprint density at radius 3 is 2.73 bits per heavy atom. The Kier molecular flexibility index (Phi) is 4.07. The largest absolute Gasteiger partial charge is 0.325 e. The smallest absolute Gasteiger partial charge is 0.228 e. The van der Waals surface area contributed by atoms with Gasteiger partial charge in [-0.2, -0.15) is 0 Å². The van der Waals surface area contributed by atoms with Crippen LogP contribution in [0.4, 0.5) is 5.69 Å². The zero-order chi connectivity index (χ0) is 15.5. The number of aromatic nitrogens is 1. The number of carbonyl (C=O) groups excluding carboxylic acids is 1. The van der Waals surface area contributed by atoms with E-state index in [9.17, 15) is 4.79 Å². The van der Waals surface area contributed by atoms with Crippen LogP contribution in [0.3, 0.4) is 0 Å². The molecule has 3 nitrogen and oxygen atoms in total. The van der Waals surface area contributed by atoms with Crippen LogP contribution < -0.4 is 5.32 Å². The SMILES string of the molecule is Cc1ccc2c(NC(=O)Cc3ccccc3Cl)cccc2n1. The summed E-state index contributed by atoms with van der Waals surface area (Å²) in [6.07, 6.45) is 0.245. The Morgan fingerprint density at radius 2 is 1.91 bits per heavy atom. The van der Waals surface area contributed by atoms with Gasteiger partial charge in [-0.3, -0.25) is 9.78 Å². The van der Waals surface area contributed by atoms with E-state index in [0.717, 1.165) is 27.8 Å². The molecule has 0 saturated carbocycles. The highest BCUT2D eigenvalue weighted by Crippen LogP contribution is 2.23. The van der Waals surface area contributed by atoms with Gasteiger partial charge in [-0.05, 0) is 42.8 Å². The lowest BCUT2D eigenvalue weighted by Gasteiger charge is -2.09. The minimum absolute atomic E-state index is 0.0961. The van der Waals surface area contributed by atoms with Crippen molar-refractivity contribution in [1.29, 1.82) is 0 Å². The van der Waals surface area contributed by atoms with E-state index in [0.29, 0.717) is 5.02 Å². The fraction of sp³-hybridized carbons (Fsp3) is 0.111. The van der Waals surface area contributed by atoms with E-state index in [1.54, 1.807) is 6.07 Å². The molecule has 3 aromatic rings. The second kappa shape index (κ2) is 6.16. The molecule has 2 aromatic carbocycles. The third-order valence-electron chi connectivity index (χ3n) is 3.45. The van der Waals surface area contributed by atoms with Crippen molar-refractivity contribution in [1.82, 2.24) is 4.98 Å². The lowest BCUT2D eigenvalue weighted by Crippen LogP contribution is -2.14. The molecule has 1 aromatic heterocycles. The fourth-order valence-corrected chi connectivity index (χ4v) is 2.58. The highest BCUT2D eigenvalue weighted by atomic mass is 35.5. The lowest BCUT2D eigenvalue weighted by molar-refractivity contribution is -0.115. The third kappa shape index (κ3) is 3.10. The number of benzene rings is 2. The number of hydrogen-bond acceptors (Lipinski definition) is 2. The molecule has 1 N–H and O–H groups in total. The molecule has 4 heteroatoms. The van der Waals surface area contributed by atoms with E-state index < -0.39 is 0 Å². The summed E-state index contributed by atoms with van der Waals surface area (Å²) in [5.41, 5.74) is 3.40. The molecule has 0 aliphatic carbocycles. The predicted molar refractivity (Wildman–Crippen MR) is 90.3 cm³/mol. The number of nitrogens with one attached hydrogen (secondary N) is 1. The first kappa shape index (κ1) is 14.5. The number of pyridine rings is 1. The number of rotatable bonds is 3. The van der Waals surface area contributed by atoms with Gasteiger partial charge in [0, 0.05) is 16.1 Å². The van der Waals surface area contributed by atoms with Gasteiger partial charge in [0.15, 0.2) is 0 Å². The molecular weight excluding hydrogens is 296 g/mol. The molecule has 1 heterocycles. The maximum absolute atomic E-state index is 12.3. The molecule has 0 aliphatic heterocycles. The van der Waals surface area contributed by atoms with Gasteiger partial charge in [-0.25, -0.2) is 0 Å². The minimum atomic E-state index is -0.0961. The van der Waals surface area contributed by atoms with Crippen LogP contribution >= 0.6 is 11.6 Å².